The lowest BCUT2D eigenvalue weighted by atomic mass is 10.0. The van der Waals surface area contributed by atoms with E-state index in [1.165, 1.54) is 35.7 Å². The van der Waals surface area contributed by atoms with Gasteiger partial charge in [0.15, 0.2) is 6.23 Å². The fraction of sp³-hybridized carbons (Fsp3) is 0.769. The number of hydrogen-bond acceptors (Lipinski definition) is 15. The molecule has 0 aromatic carbocycles. The number of thioether (sulfide) groups is 1. The standard InChI is InChI=1S/C26H54N6O10P6S/c1-13(2)19(24(36)39-9-15(27-44)23(35)42-48)29(5)21(33)16(31(7)46)11-49-12-17(32(8)47)22(34)30(6)20(14(3)4)25(37)40-10-18(28-45)41-26(38)43/h13-20,27-28H,9-12,43-48H2,1-8H3/t15-,16+,17+,18+,19?,20+/m1/s1. The second-order valence-electron chi connectivity index (χ2n) is 11.7. The minimum atomic E-state index is -0.939. The molecule has 0 radical (unpaired) electrons. The van der Waals surface area contributed by atoms with Crippen LogP contribution in [0.2, 0.25) is 0 Å². The van der Waals surface area contributed by atoms with E-state index in [4.69, 9.17) is 14.2 Å². The molecule has 0 spiro atoms. The second-order valence-corrected chi connectivity index (χ2v) is 15.8. The molecule has 0 fully saturated rings. The van der Waals surface area contributed by atoms with Crippen molar-refractivity contribution in [2.45, 2.75) is 64.1 Å². The summed E-state index contributed by atoms with van der Waals surface area (Å²) >= 11 is 1.36. The maximum atomic E-state index is 13.7. The summed E-state index contributed by atoms with van der Waals surface area (Å²) in [6, 6.07) is -4.17. The van der Waals surface area contributed by atoms with Crippen molar-refractivity contribution in [2.24, 2.45) is 11.8 Å². The van der Waals surface area contributed by atoms with Gasteiger partial charge >= 0.3 is 23.6 Å². The Balaban J connectivity index is 5.73. The Kier molecular flexibility index (Phi) is 24.6. The summed E-state index contributed by atoms with van der Waals surface area (Å²) in [7, 11) is 19.5. The van der Waals surface area contributed by atoms with Gasteiger partial charge < -0.3 is 28.5 Å². The average Bonchev–Trinajstić information content (AvgIpc) is 3.01. The number of nitrogens with one attached hydrogen (secondary N) is 2. The number of amides is 2. The third kappa shape index (κ3) is 16.4. The van der Waals surface area contributed by atoms with E-state index in [0.29, 0.717) is 0 Å². The summed E-state index contributed by atoms with van der Waals surface area (Å²) in [5, 5.41) is 5.28. The van der Waals surface area contributed by atoms with Crippen molar-refractivity contribution in [3.63, 3.8) is 0 Å². The summed E-state index contributed by atoms with van der Waals surface area (Å²) in [5.41, 5.74) is -0.632. The van der Waals surface area contributed by atoms with Crippen molar-refractivity contribution < 1.29 is 47.5 Å². The van der Waals surface area contributed by atoms with E-state index in [1.807, 2.05) is 18.7 Å². The first-order valence-corrected chi connectivity index (χ1v) is 19.3. The number of carbonyl (C=O) groups excluding carboxylic acids is 6. The van der Waals surface area contributed by atoms with Gasteiger partial charge in [-0.3, -0.25) is 33.9 Å². The van der Waals surface area contributed by atoms with E-state index in [1.54, 1.807) is 51.1 Å². The molecule has 23 heteroatoms. The molecule has 0 bridgehead atoms. The first-order chi connectivity index (χ1) is 22.8. The number of ether oxygens (including phenoxy) is 3. The van der Waals surface area contributed by atoms with Crippen LogP contribution in [0.3, 0.4) is 0 Å². The van der Waals surface area contributed by atoms with Crippen molar-refractivity contribution in [3.05, 3.63) is 0 Å². The van der Waals surface area contributed by atoms with E-state index >= 15 is 0 Å². The quantitative estimate of drug-likeness (QED) is 0.0677. The molecule has 0 saturated heterocycles. The van der Waals surface area contributed by atoms with Crippen LogP contribution in [0.25, 0.3) is 0 Å². The number of carbonyl (C=O) groups is 6. The van der Waals surface area contributed by atoms with Gasteiger partial charge in [-0.2, -0.15) is 11.8 Å². The highest BCUT2D eigenvalue weighted by atomic mass is 32.2. The zero-order chi connectivity index (χ0) is 38.2. The molecule has 12 atom stereocenters. The summed E-state index contributed by atoms with van der Waals surface area (Å²) in [4.78, 5) is 79.5. The van der Waals surface area contributed by atoms with Gasteiger partial charge in [-0.1, -0.05) is 65.3 Å². The van der Waals surface area contributed by atoms with Crippen molar-refractivity contribution >= 4 is 103 Å². The molecule has 284 valence electrons. The Morgan fingerprint density at radius 3 is 1.41 bits per heavy atom. The van der Waals surface area contributed by atoms with E-state index in [-0.39, 0.29) is 48.4 Å². The summed E-state index contributed by atoms with van der Waals surface area (Å²) in [5.74, 6) is -2.75. The van der Waals surface area contributed by atoms with Gasteiger partial charge in [-0.05, 0) is 35.2 Å². The lowest BCUT2D eigenvalue weighted by Crippen LogP contribution is -2.54. The fourth-order valence-electron chi connectivity index (χ4n) is 4.53. The fourth-order valence-corrected chi connectivity index (χ4v) is 7.37. The SMILES string of the molecule is CC(C)C(C(=O)OC[C@@H](NP)C(=O)OP)N(C)C(=O)[C@H](CSC[C@@H](C(=O)N(C)[C@H](C(=O)OC[C@@H](NP)OC(=O)P)C(C)C)N(C)P)N(C)P. The first-order valence-electron chi connectivity index (χ1n) is 14.9. The van der Waals surface area contributed by atoms with Crippen LogP contribution in [-0.2, 0) is 42.7 Å². The molecule has 0 saturated carbocycles. The predicted octanol–water partition coefficient (Wildman–Crippen LogP) is 0.752. The minimum absolute atomic E-state index is 0.263. The molecule has 0 aliphatic rings. The van der Waals surface area contributed by atoms with Gasteiger partial charge in [0, 0.05) is 25.6 Å². The van der Waals surface area contributed by atoms with Gasteiger partial charge in [0.25, 0.3) is 0 Å². The van der Waals surface area contributed by atoms with Crippen LogP contribution in [0.5, 0.6) is 0 Å². The Hall–Kier alpha value is -0.410. The molecular weight excluding hydrogens is 774 g/mol. The van der Waals surface area contributed by atoms with Gasteiger partial charge in [0.05, 0.1) is 9.47 Å². The van der Waals surface area contributed by atoms with Crippen LogP contribution in [0, 0.1) is 11.8 Å². The summed E-state index contributed by atoms with van der Waals surface area (Å²) in [6.45, 7) is 6.58. The Bertz CT molecular complexity index is 1110. The first kappa shape index (κ1) is 48.6. The molecule has 2 N–H and O–H groups in total. The van der Waals surface area contributed by atoms with E-state index in [9.17, 15) is 28.8 Å². The second kappa shape index (κ2) is 24.8. The molecular formula is C26H54N6O10P6S. The highest BCUT2D eigenvalue weighted by molar-refractivity contribution is 7.99. The highest BCUT2D eigenvalue weighted by Crippen LogP contribution is 2.22. The topological polar surface area (TPSA) is 176 Å². The van der Waals surface area contributed by atoms with Gasteiger partial charge in [-0.25, -0.2) is 14.4 Å². The lowest BCUT2D eigenvalue weighted by molar-refractivity contribution is -0.159. The third-order valence-corrected chi connectivity index (χ3v) is 10.2. The molecule has 7 unspecified atom stereocenters. The summed E-state index contributed by atoms with van der Waals surface area (Å²) < 4.78 is 23.7. The normalized spacial score (nSPS) is 15.2. The zero-order valence-corrected chi connectivity index (χ0v) is 36.9. The lowest BCUT2D eigenvalue weighted by Gasteiger charge is -2.35. The largest absolute Gasteiger partial charge is 0.462 e. The minimum Gasteiger partial charge on any atom is -0.462 e. The molecule has 16 nitrogen and oxygen atoms in total. The Labute approximate surface area is 308 Å². The number of nitrogens with zero attached hydrogens (tertiary/aromatic N) is 4. The van der Waals surface area contributed by atoms with Gasteiger partial charge in [0.2, 0.25) is 11.8 Å². The summed E-state index contributed by atoms with van der Waals surface area (Å²) in [6.07, 6.45) is -0.892. The molecule has 2 amide bonds. The van der Waals surface area contributed by atoms with Crippen molar-refractivity contribution in [1.82, 2.24) is 29.3 Å². The maximum absolute atomic E-state index is 13.7. The number of esters is 2. The van der Waals surface area contributed by atoms with Crippen LogP contribution >= 0.6 is 68.0 Å². The monoisotopic (exact) mass is 828 g/mol. The zero-order valence-electron chi connectivity index (χ0n) is 29.2. The van der Waals surface area contributed by atoms with Crippen LogP contribution in [0.15, 0.2) is 0 Å². The molecule has 0 rings (SSSR count). The molecule has 0 aliphatic carbocycles. The highest BCUT2D eigenvalue weighted by Gasteiger charge is 2.38. The van der Waals surface area contributed by atoms with Crippen LogP contribution in [-0.4, -0.2) is 144 Å². The molecule has 0 aliphatic heterocycles. The molecule has 0 heterocycles. The van der Waals surface area contributed by atoms with E-state index < -0.39 is 60.1 Å². The predicted molar refractivity (Wildman–Crippen MR) is 210 cm³/mol. The van der Waals surface area contributed by atoms with Crippen molar-refractivity contribution in [3.8, 4) is 0 Å². The van der Waals surface area contributed by atoms with Crippen LogP contribution < -0.4 is 10.2 Å². The van der Waals surface area contributed by atoms with E-state index in [2.05, 4.69) is 52.3 Å². The number of likely N-dealkylation sites (N-methyl/N-ethyl adjacent to an activating group) is 4. The van der Waals surface area contributed by atoms with Gasteiger partial charge in [-0.15, -0.1) is 0 Å². The van der Waals surface area contributed by atoms with Crippen molar-refractivity contribution in [2.75, 3.05) is 52.9 Å². The number of rotatable bonds is 22. The van der Waals surface area contributed by atoms with E-state index in [0.717, 1.165) is 0 Å². The van der Waals surface area contributed by atoms with Crippen molar-refractivity contribution in [1.29, 1.82) is 0 Å². The Morgan fingerprint density at radius 2 is 1.10 bits per heavy atom. The molecule has 0 aromatic heterocycles. The van der Waals surface area contributed by atoms with Crippen LogP contribution in [0.1, 0.15) is 27.7 Å². The van der Waals surface area contributed by atoms with Gasteiger partial charge in [0.1, 0.15) is 43.4 Å². The maximum Gasteiger partial charge on any atom is 0.329 e. The third-order valence-electron chi connectivity index (χ3n) is 7.20. The smallest absolute Gasteiger partial charge is 0.329 e. The molecule has 0 aromatic rings. The van der Waals surface area contributed by atoms with Crippen LogP contribution in [0.4, 0.5) is 4.79 Å². The Morgan fingerprint density at radius 1 is 0.694 bits per heavy atom. The number of hydrogen-bond donors (Lipinski definition) is 2. The average molecular weight is 829 g/mol. The molecule has 49 heavy (non-hydrogen) atoms.